The van der Waals surface area contributed by atoms with Gasteiger partial charge < -0.3 is 9.72 Å². The van der Waals surface area contributed by atoms with E-state index in [4.69, 9.17) is 0 Å². The van der Waals surface area contributed by atoms with E-state index in [0.717, 1.165) is 6.07 Å². The van der Waals surface area contributed by atoms with Crippen molar-refractivity contribution < 1.29 is 8.78 Å². The Morgan fingerprint density at radius 3 is 2.89 bits per heavy atom. The average Bonchev–Trinajstić information content (AvgIpc) is 2.80. The van der Waals surface area contributed by atoms with E-state index in [1.807, 2.05) is 0 Å². The number of nitrogens with one attached hydrogen (secondary N) is 1. The van der Waals surface area contributed by atoms with Crippen LogP contribution in [0.25, 0.3) is 5.65 Å². The number of benzene rings is 1. The molecule has 0 aliphatic heterocycles. The second-order valence-electron chi connectivity index (χ2n) is 3.82. The Balaban J connectivity index is 2.07. The topological polar surface area (TPSA) is 42.2 Å². The second kappa shape index (κ2) is 4.58. The molecule has 3 aromatic rings. The van der Waals surface area contributed by atoms with Crippen molar-refractivity contribution in [3.05, 3.63) is 53.0 Å². The SMILES string of the molecule is Fc1ccc(Nc2nc(Br)cn3ccnc23)c(F)c1. The fraction of sp³-hybridized carbons (Fsp3) is 0. The van der Waals surface area contributed by atoms with Crippen LogP contribution in [0.3, 0.4) is 0 Å². The third kappa shape index (κ3) is 2.28. The van der Waals surface area contributed by atoms with Crippen LogP contribution in [0, 0.1) is 11.6 Å². The lowest BCUT2D eigenvalue weighted by Crippen LogP contribution is -2.00. The van der Waals surface area contributed by atoms with Crippen LogP contribution in [0.15, 0.2) is 41.4 Å². The van der Waals surface area contributed by atoms with E-state index in [9.17, 15) is 8.78 Å². The molecule has 0 atom stereocenters. The van der Waals surface area contributed by atoms with Gasteiger partial charge in [-0.05, 0) is 28.1 Å². The summed E-state index contributed by atoms with van der Waals surface area (Å²) in [6.07, 6.45) is 5.08. The first-order valence-corrected chi connectivity index (χ1v) is 6.14. The van der Waals surface area contributed by atoms with E-state index < -0.39 is 11.6 Å². The zero-order valence-corrected chi connectivity index (χ0v) is 11.0. The zero-order valence-electron chi connectivity index (χ0n) is 9.44. The Hall–Kier alpha value is -2.02. The Morgan fingerprint density at radius 2 is 2.11 bits per heavy atom. The van der Waals surface area contributed by atoms with Gasteiger partial charge in [-0.2, -0.15) is 0 Å². The molecule has 2 heterocycles. The van der Waals surface area contributed by atoms with Gasteiger partial charge >= 0.3 is 0 Å². The minimum atomic E-state index is -0.688. The first kappa shape index (κ1) is 12.0. The minimum Gasteiger partial charge on any atom is -0.335 e. The average molecular weight is 325 g/mol. The monoisotopic (exact) mass is 324 g/mol. The highest BCUT2D eigenvalue weighted by Gasteiger charge is 2.10. The molecule has 0 radical (unpaired) electrons. The lowest BCUT2D eigenvalue weighted by atomic mass is 10.3. The molecule has 0 saturated heterocycles. The largest absolute Gasteiger partial charge is 0.335 e. The van der Waals surface area contributed by atoms with Gasteiger partial charge in [-0.15, -0.1) is 0 Å². The zero-order chi connectivity index (χ0) is 13.4. The van der Waals surface area contributed by atoms with Crippen LogP contribution in [-0.2, 0) is 0 Å². The molecule has 7 heteroatoms. The summed E-state index contributed by atoms with van der Waals surface area (Å²) in [6.45, 7) is 0. The van der Waals surface area contributed by atoms with Gasteiger partial charge in [-0.3, -0.25) is 0 Å². The highest BCUT2D eigenvalue weighted by atomic mass is 79.9. The number of aromatic nitrogens is 3. The number of fused-ring (bicyclic) bond motifs is 1. The Labute approximate surface area is 115 Å². The van der Waals surface area contributed by atoms with Crippen molar-refractivity contribution >= 4 is 33.1 Å². The van der Waals surface area contributed by atoms with Gasteiger partial charge in [0.1, 0.15) is 16.2 Å². The van der Waals surface area contributed by atoms with E-state index in [1.165, 1.54) is 12.1 Å². The van der Waals surface area contributed by atoms with E-state index in [-0.39, 0.29) is 5.69 Å². The van der Waals surface area contributed by atoms with E-state index in [2.05, 4.69) is 31.2 Å². The number of halogens is 3. The standard InChI is InChI=1S/C12H7BrF2N4/c13-10-6-19-4-3-16-12(19)11(18-10)17-9-2-1-7(14)5-8(9)15/h1-6H,(H,17,18). The van der Waals surface area contributed by atoms with Gasteiger partial charge in [0.2, 0.25) is 0 Å². The lowest BCUT2D eigenvalue weighted by Gasteiger charge is -2.08. The summed E-state index contributed by atoms with van der Waals surface area (Å²) in [4.78, 5) is 8.32. The molecular weight excluding hydrogens is 318 g/mol. The Bertz CT molecular complexity index is 757. The first-order chi connectivity index (χ1) is 9.13. The summed E-state index contributed by atoms with van der Waals surface area (Å²) in [5.41, 5.74) is 0.684. The number of imidazole rings is 1. The summed E-state index contributed by atoms with van der Waals surface area (Å²) in [5, 5.41) is 2.80. The van der Waals surface area contributed by atoms with E-state index in [0.29, 0.717) is 16.1 Å². The molecule has 96 valence electrons. The summed E-state index contributed by atoms with van der Waals surface area (Å²) in [5.74, 6) is -0.937. The molecule has 0 fully saturated rings. The molecule has 0 bridgehead atoms. The molecular formula is C12H7BrF2N4. The molecule has 1 aromatic carbocycles. The molecule has 2 aromatic heterocycles. The minimum absolute atomic E-state index is 0.136. The van der Waals surface area contributed by atoms with Crippen molar-refractivity contribution in [3.63, 3.8) is 0 Å². The normalized spacial score (nSPS) is 10.9. The van der Waals surface area contributed by atoms with Gasteiger partial charge in [-0.1, -0.05) is 0 Å². The predicted octanol–water partition coefficient (Wildman–Crippen LogP) is 3.51. The van der Waals surface area contributed by atoms with E-state index in [1.54, 1.807) is 23.0 Å². The van der Waals surface area contributed by atoms with Crippen molar-refractivity contribution in [1.82, 2.24) is 14.4 Å². The fourth-order valence-corrected chi connectivity index (χ4v) is 2.10. The van der Waals surface area contributed by atoms with Crippen LogP contribution in [0.2, 0.25) is 0 Å². The summed E-state index contributed by atoms with van der Waals surface area (Å²) >= 11 is 3.26. The highest BCUT2D eigenvalue weighted by Crippen LogP contribution is 2.23. The maximum Gasteiger partial charge on any atom is 0.180 e. The second-order valence-corrected chi connectivity index (χ2v) is 4.63. The molecule has 0 amide bonds. The first-order valence-electron chi connectivity index (χ1n) is 5.35. The van der Waals surface area contributed by atoms with Gasteiger partial charge in [0.15, 0.2) is 11.5 Å². The van der Waals surface area contributed by atoms with Crippen LogP contribution in [0.4, 0.5) is 20.3 Å². The van der Waals surface area contributed by atoms with Gasteiger partial charge in [0.25, 0.3) is 0 Å². The molecule has 0 aliphatic carbocycles. The molecule has 0 aliphatic rings. The smallest absolute Gasteiger partial charge is 0.180 e. The fourth-order valence-electron chi connectivity index (χ4n) is 1.70. The van der Waals surface area contributed by atoms with Crippen LogP contribution >= 0.6 is 15.9 Å². The van der Waals surface area contributed by atoms with Crippen molar-refractivity contribution in [1.29, 1.82) is 0 Å². The number of anilines is 2. The quantitative estimate of drug-likeness (QED) is 0.784. The molecule has 0 saturated carbocycles. The van der Waals surface area contributed by atoms with E-state index >= 15 is 0 Å². The number of nitrogens with zero attached hydrogens (tertiary/aromatic N) is 3. The maximum atomic E-state index is 13.6. The molecule has 3 rings (SSSR count). The number of hydrogen-bond donors (Lipinski definition) is 1. The summed E-state index contributed by atoms with van der Waals surface area (Å²) < 4.78 is 28.7. The predicted molar refractivity (Wildman–Crippen MR) is 70.3 cm³/mol. The maximum absolute atomic E-state index is 13.6. The van der Waals surface area contributed by atoms with Crippen molar-refractivity contribution in [2.24, 2.45) is 0 Å². The van der Waals surface area contributed by atoms with Crippen molar-refractivity contribution in [2.75, 3.05) is 5.32 Å². The van der Waals surface area contributed by atoms with Gasteiger partial charge in [0, 0.05) is 24.7 Å². The van der Waals surface area contributed by atoms with Crippen LogP contribution in [0.1, 0.15) is 0 Å². The molecule has 0 spiro atoms. The number of rotatable bonds is 2. The number of hydrogen-bond acceptors (Lipinski definition) is 3. The van der Waals surface area contributed by atoms with Crippen LogP contribution in [-0.4, -0.2) is 14.4 Å². The third-order valence-electron chi connectivity index (χ3n) is 2.53. The highest BCUT2D eigenvalue weighted by molar-refractivity contribution is 9.10. The Kier molecular flexibility index (Phi) is 2.90. The van der Waals surface area contributed by atoms with Crippen molar-refractivity contribution in [3.8, 4) is 0 Å². The van der Waals surface area contributed by atoms with Gasteiger partial charge in [-0.25, -0.2) is 18.7 Å². The van der Waals surface area contributed by atoms with Crippen LogP contribution < -0.4 is 5.32 Å². The Morgan fingerprint density at radius 1 is 1.26 bits per heavy atom. The van der Waals surface area contributed by atoms with Crippen molar-refractivity contribution in [2.45, 2.75) is 0 Å². The third-order valence-corrected chi connectivity index (χ3v) is 2.91. The lowest BCUT2D eigenvalue weighted by molar-refractivity contribution is 0.586. The molecule has 0 unspecified atom stereocenters. The van der Waals surface area contributed by atoms with Crippen LogP contribution in [0.5, 0.6) is 0 Å². The molecule has 4 nitrogen and oxygen atoms in total. The van der Waals surface area contributed by atoms with Gasteiger partial charge in [0.05, 0.1) is 5.69 Å². The summed E-state index contributed by atoms with van der Waals surface area (Å²) in [6, 6.07) is 3.29. The molecule has 19 heavy (non-hydrogen) atoms. The summed E-state index contributed by atoms with van der Waals surface area (Å²) in [7, 11) is 0. The molecule has 1 N–H and O–H groups in total.